The smallest absolute Gasteiger partial charge is 0.261 e. The van der Waals surface area contributed by atoms with Crippen molar-refractivity contribution in [3.63, 3.8) is 0 Å². The Balaban J connectivity index is 1.31. The molecule has 1 saturated carbocycles. The molecule has 1 aromatic carbocycles. The van der Waals surface area contributed by atoms with Crippen molar-refractivity contribution in [3.8, 4) is 0 Å². The first kappa shape index (κ1) is 17.4. The molecule has 1 aliphatic carbocycles. The van der Waals surface area contributed by atoms with Crippen LogP contribution in [0.15, 0.2) is 40.2 Å². The van der Waals surface area contributed by atoms with Crippen LogP contribution in [0.3, 0.4) is 0 Å². The van der Waals surface area contributed by atoms with Gasteiger partial charge >= 0.3 is 0 Å². The summed E-state index contributed by atoms with van der Waals surface area (Å²) in [5.41, 5.74) is 1.96. The van der Waals surface area contributed by atoms with Crippen molar-refractivity contribution in [2.24, 2.45) is 5.92 Å². The fourth-order valence-electron chi connectivity index (χ4n) is 3.94. The molecule has 1 atom stereocenters. The Hall–Kier alpha value is -2.74. The number of hydrogen-bond acceptors (Lipinski definition) is 7. The van der Waals surface area contributed by atoms with Gasteiger partial charge in [-0.15, -0.1) is 0 Å². The fourth-order valence-corrected chi connectivity index (χ4v) is 3.94. The minimum atomic E-state index is 0.0710. The topological polar surface area (TPSA) is 80.3 Å². The molecular weight excluding hydrogens is 356 g/mol. The molecule has 3 aromatic rings. The van der Waals surface area contributed by atoms with Crippen LogP contribution in [0.5, 0.6) is 0 Å². The van der Waals surface area contributed by atoms with E-state index < -0.39 is 0 Å². The van der Waals surface area contributed by atoms with Crippen LogP contribution in [0.25, 0.3) is 10.9 Å². The first-order valence-corrected chi connectivity index (χ1v) is 9.94. The molecule has 0 amide bonds. The third-order valence-electron chi connectivity index (χ3n) is 5.92. The Kier molecular flexibility index (Phi) is 4.35. The van der Waals surface area contributed by atoms with Gasteiger partial charge in [-0.25, -0.2) is 4.98 Å². The average molecular weight is 380 g/mol. The summed E-state index contributed by atoms with van der Waals surface area (Å²) in [4.78, 5) is 26.1. The van der Waals surface area contributed by atoms with E-state index in [4.69, 9.17) is 4.52 Å². The lowest BCUT2D eigenvalue weighted by Gasteiger charge is -2.38. The van der Waals surface area contributed by atoms with Crippen molar-refractivity contribution in [2.45, 2.75) is 32.4 Å². The third kappa shape index (κ3) is 3.28. The van der Waals surface area contributed by atoms with Crippen molar-refractivity contribution in [3.05, 3.63) is 47.1 Å². The molecule has 28 heavy (non-hydrogen) atoms. The van der Waals surface area contributed by atoms with Crippen LogP contribution < -0.4 is 10.5 Å². The molecule has 1 saturated heterocycles. The van der Waals surface area contributed by atoms with E-state index >= 15 is 0 Å². The van der Waals surface area contributed by atoms with E-state index in [-0.39, 0.29) is 11.6 Å². The van der Waals surface area contributed by atoms with Gasteiger partial charge in [0.2, 0.25) is 5.89 Å². The van der Waals surface area contributed by atoms with E-state index in [2.05, 4.69) is 31.8 Å². The van der Waals surface area contributed by atoms with E-state index in [9.17, 15) is 4.79 Å². The maximum atomic E-state index is 12.7. The second-order valence-electron chi connectivity index (χ2n) is 7.83. The van der Waals surface area contributed by atoms with Gasteiger partial charge in [0.15, 0.2) is 6.33 Å². The molecule has 2 fully saturated rings. The van der Waals surface area contributed by atoms with Gasteiger partial charge in [-0.1, -0.05) is 5.16 Å². The van der Waals surface area contributed by atoms with Crippen molar-refractivity contribution in [1.82, 2.24) is 24.6 Å². The quantitative estimate of drug-likeness (QED) is 0.670. The van der Waals surface area contributed by atoms with Gasteiger partial charge in [-0.05, 0) is 43.9 Å². The molecular formula is C20H24N6O2. The summed E-state index contributed by atoms with van der Waals surface area (Å²) in [5.74, 6) is 1.31. The summed E-state index contributed by atoms with van der Waals surface area (Å²) in [7, 11) is 0. The van der Waals surface area contributed by atoms with Crippen LogP contribution in [0, 0.1) is 5.92 Å². The van der Waals surface area contributed by atoms with E-state index in [1.54, 1.807) is 10.9 Å². The summed E-state index contributed by atoms with van der Waals surface area (Å²) < 4.78 is 6.96. The molecule has 1 unspecified atom stereocenters. The zero-order valence-corrected chi connectivity index (χ0v) is 16.0. The zero-order chi connectivity index (χ0) is 19.1. The maximum absolute atomic E-state index is 12.7. The SMILES string of the molecule is CC(c1ncno1)N1CCN(c2ccc3c(=O)n(CC4CC4)cnc3c2)CC1. The Bertz CT molecular complexity index is 1020. The average Bonchev–Trinajstić information content (AvgIpc) is 3.38. The van der Waals surface area contributed by atoms with Gasteiger partial charge in [0.1, 0.15) is 0 Å². The summed E-state index contributed by atoms with van der Waals surface area (Å²) >= 11 is 0. The number of aromatic nitrogens is 4. The number of rotatable bonds is 5. The Labute approximate surface area is 162 Å². The number of anilines is 1. The summed E-state index contributed by atoms with van der Waals surface area (Å²) in [6, 6.07) is 6.13. The van der Waals surface area contributed by atoms with E-state index in [0.717, 1.165) is 43.9 Å². The summed E-state index contributed by atoms with van der Waals surface area (Å²) in [5, 5.41) is 4.41. The van der Waals surface area contributed by atoms with Gasteiger partial charge in [-0.2, -0.15) is 4.98 Å². The fraction of sp³-hybridized carbons (Fsp3) is 0.500. The minimum Gasteiger partial charge on any atom is -0.369 e. The predicted molar refractivity (Wildman–Crippen MR) is 105 cm³/mol. The van der Waals surface area contributed by atoms with E-state index in [1.165, 1.54) is 19.2 Å². The summed E-state index contributed by atoms with van der Waals surface area (Å²) in [6.45, 7) is 6.53. The van der Waals surface area contributed by atoms with Crippen molar-refractivity contribution >= 4 is 16.6 Å². The van der Waals surface area contributed by atoms with Crippen LogP contribution >= 0.6 is 0 Å². The van der Waals surface area contributed by atoms with E-state index in [1.807, 2.05) is 18.2 Å². The summed E-state index contributed by atoms with van der Waals surface area (Å²) in [6.07, 6.45) is 5.60. The largest absolute Gasteiger partial charge is 0.369 e. The number of nitrogens with zero attached hydrogens (tertiary/aromatic N) is 6. The first-order valence-electron chi connectivity index (χ1n) is 9.94. The lowest BCUT2D eigenvalue weighted by molar-refractivity contribution is 0.164. The van der Waals surface area contributed by atoms with Gasteiger partial charge in [0, 0.05) is 38.4 Å². The van der Waals surface area contributed by atoms with Crippen molar-refractivity contribution in [2.75, 3.05) is 31.1 Å². The lowest BCUT2D eigenvalue weighted by Crippen LogP contribution is -2.47. The van der Waals surface area contributed by atoms with Crippen LogP contribution in [-0.4, -0.2) is 50.8 Å². The van der Waals surface area contributed by atoms with Gasteiger partial charge in [0.05, 0.1) is 23.3 Å². The number of hydrogen-bond donors (Lipinski definition) is 0. The number of fused-ring (bicyclic) bond motifs is 1. The first-order chi connectivity index (χ1) is 13.7. The monoisotopic (exact) mass is 380 g/mol. The van der Waals surface area contributed by atoms with Gasteiger partial charge < -0.3 is 9.42 Å². The highest BCUT2D eigenvalue weighted by atomic mass is 16.5. The highest BCUT2D eigenvalue weighted by Gasteiger charge is 2.25. The molecule has 2 aliphatic rings. The molecule has 3 heterocycles. The number of piperazine rings is 1. The van der Waals surface area contributed by atoms with Gasteiger partial charge in [0.25, 0.3) is 5.56 Å². The lowest BCUT2D eigenvalue weighted by atomic mass is 10.1. The highest BCUT2D eigenvalue weighted by Crippen LogP contribution is 2.30. The minimum absolute atomic E-state index is 0.0710. The molecule has 0 N–H and O–H groups in total. The Morgan fingerprint density at radius 1 is 1.18 bits per heavy atom. The molecule has 5 rings (SSSR count). The Morgan fingerprint density at radius 2 is 2.00 bits per heavy atom. The maximum Gasteiger partial charge on any atom is 0.261 e. The number of benzene rings is 1. The van der Waals surface area contributed by atoms with Crippen LogP contribution in [-0.2, 0) is 6.54 Å². The molecule has 0 spiro atoms. The molecule has 2 aromatic heterocycles. The molecule has 8 heteroatoms. The zero-order valence-electron chi connectivity index (χ0n) is 16.0. The second-order valence-corrected chi connectivity index (χ2v) is 7.83. The predicted octanol–water partition coefficient (Wildman–Crippen LogP) is 2.07. The third-order valence-corrected chi connectivity index (χ3v) is 5.92. The van der Waals surface area contributed by atoms with Crippen LogP contribution in [0.1, 0.15) is 31.7 Å². The standard InChI is InChI=1S/C20H24N6O2/c1-14(19-21-12-23-28-19)24-6-8-25(9-7-24)16-4-5-17-18(10-16)22-13-26(20(17)27)11-15-2-3-15/h4-5,10,12-15H,2-3,6-9,11H2,1H3. The molecule has 1 aliphatic heterocycles. The Morgan fingerprint density at radius 3 is 2.71 bits per heavy atom. The van der Waals surface area contributed by atoms with Gasteiger partial charge in [-0.3, -0.25) is 14.3 Å². The van der Waals surface area contributed by atoms with Crippen LogP contribution in [0.2, 0.25) is 0 Å². The van der Waals surface area contributed by atoms with Crippen molar-refractivity contribution in [1.29, 1.82) is 0 Å². The van der Waals surface area contributed by atoms with Crippen LogP contribution in [0.4, 0.5) is 5.69 Å². The second kappa shape index (κ2) is 7.01. The molecule has 8 nitrogen and oxygen atoms in total. The molecule has 0 radical (unpaired) electrons. The van der Waals surface area contributed by atoms with Crippen molar-refractivity contribution < 1.29 is 4.52 Å². The normalized spacial score (nSPS) is 19.2. The molecule has 146 valence electrons. The molecule has 0 bridgehead atoms. The van der Waals surface area contributed by atoms with E-state index in [0.29, 0.717) is 17.2 Å². The highest BCUT2D eigenvalue weighted by molar-refractivity contribution is 5.81.